The van der Waals surface area contributed by atoms with Crippen LogP contribution in [-0.4, -0.2) is 13.4 Å². The van der Waals surface area contributed by atoms with Gasteiger partial charge in [0.2, 0.25) is 10.0 Å². The number of hydrogen-bond acceptors (Lipinski definition) is 5. The van der Waals surface area contributed by atoms with E-state index in [2.05, 4.69) is 41.6 Å². The van der Waals surface area contributed by atoms with E-state index < -0.39 is 10.0 Å². The van der Waals surface area contributed by atoms with Gasteiger partial charge < -0.3 is 5.73 Å². The molecule has 0 aliphatic carbocycles. The second-order valence-corrected chi connectivity index (χ2v) is 8.38. The second-order valence-electron chi connectivity index (χ2n) is 4.02. The van der Waals surface area contributed by atoms with E-state index in [1.165, 1.54) is 11.3 Å². The molecule has 1 heterocycles. The average molecular weight is 441 g/mol. The monoisotopic (exact) mass is 439 g/mol. The molecule has 2 aromatic rings. The van der Waals surface area contributed by atoms with Crippen molar-refractivity contribution in [3.05, 3.63) is 37.2 Å². The minimum absolute atomic E-state index is 0.125. The van der Waals surface area contributed by atoms with Crippen LogP contribution in [0.15, 0.2) is 31.4 Å². The summed E-state index contributed by atoms with van der Waals surface area (Å²) in [5.41, 5.74) is 7.00. The van der Waals surface area contributed by atoms with Gasteiger partial charge in [-0.05, 0) is 50.9 Å². The highest BCUT2D eigenvalue weighted by atomic mass is 79.9. The Labute approximate surface area is 137 Å². The van der Waals surface area contributed by atoms with E-state index >= 15 is 0 Å². The first-order valence-corrected chi connectivity index (χ1v) is 9.39. The van der Waals surface area contributed by atoms with Crippen LogP contribution in [0.2, 0.25) is 0 Å². The van der Waals surface area contributed by atoms with E-state index in [0.29, 0.717) is 19.6 Å². The Morgan fingerprint density at radius 2 is 1.95 bits per heavy atom. The number of sulfonamides is 1. The predicted octanol–water partition coefficient (Wildman–Crippen LogP) is 3.04. The van der Waals surface area contributed by atoms with E-state index in [1.807, 2.05) is 12.3 Å². The Kier molecular flexibility index (Phi) is 4.85. The minimum atomic E-state index is -3.66. The molecular formula is C11H11Br2N3O2S2. The number of thiazole rings is 1. The predicted molar refractivity (Wildman–Crippen MR) is 87.1 cm³/mol. The van der Waals surface area contributed by atoms with E-state index in [-0.39, 0.29) is 11.4 Å². The van der Waals surface area contributed by atoms with Crippen LogP contribution in [0.25, 0.3) is 0 Å². The Hall–Kier alpha value is -0.480. The van der Waals surface area contributed by atoms with Gasteiger partial charge in [-0.25, -0.2) is 18.1 Å². The van der Waals surface area contributed by atoms with Crippen LogP contribution in [0.1, 0.15) is 10.7 Å². The normalized spacial score (nSPS) is 11.8. The smallest absolute Gasteiger partial charge is 0.243 e. The van der Waals surface area contributed by atoms with Crippen molar-refractivity contribution in [1.82, 2.24) is 9.71 Å². The van der Waals surface area contributed by atoms with Gasteiger partial charge in [0.25, 0.3) is 0 Å². The summed E-state index contributed by atoms with van der Waals surface area (Å²) in [6.07, 6.45) is 0. The van der Waals surface area contributed by atoms with Crippen molar-refractivity contribution in [1.29, 1.82) is 0 Å². The van der Waals surface area contributed by atoms with Crippen LogP contribution in [0.4, 0.5) is 5.69 Å². The number of nitrogens with two attached hydrogens (primary N) is 1. The lowest BCUT2D eigenvalue weighted by atomic mass is 10.3. The van der Waals surface area contributed by atoms with E-state index in [4.69, 9.17) is 5.73 Å². The number of aryl methyl sites for hydroxylation is 1. The van der Waals surface area contributed by atoms with Gasteiger partial charge in [-0.1, -0.05) is 0 Å². The van der Waals surface area contributed by atoms with Crippen molar-refractivity contribution in [3.8, 4) is 0 Å². The summed E-state index contributed by atoms with van der Waals surface area (Å²) in [5, 5.41) is 2.59. The number of nitrogen functional groups attached to an aromatic ring is 1. The fraction of sp³-hybridized carbons (Fsp3) is 0.182. The second kappa shape index (κ2) is 6.10. The Morgan fingerprint density at radius 3 is 2.45 bits per heavy atom. The average Bonchev–Trinajstić information content (AvgIpc) is 2.71. The highest BCUT2D eigenvalue weighted by Crippen LogP contribution is 2.32. The van der Waals surface area contributed by atoms with E-state index in [0.717, 1.165) is 5.69 Å². The number of nitrogens with zero attached hydrogens (tertiary/aromatic N) is 1. The van der Waals surface area contributed by atoms with Crippen molar-refractivity contribution in [3.63, 3.8) is 0 Å². The summed E-state index contributed by atoms with van der Waals surface area (Å²) in [4.78, 5) is 4.34. The van der Waals surface area contributed by atoms with Crippen LogP contribution < -0.4 is 10.5 Å². The molecule has 0 fully saturated rings. The lowest BCUT2D eigenvalue weighted by Crippen LogP contribution is -2.24. The number of halogens is 2. The minimum Gasteiger partial charge on any atom is -0.399 e. The Bertz CT molecular complexity index is 721. The molecule has 0 bridgehead atoms. The SMILES string of the molecule is Cc1csc(CNS(=O)(=O)c2c(Br)cc(N)cc2Br)n1. The lowest BCUT2D eigenvalue weighted by molar-refractivity contribution is 0.580. The molecule has 3 N–H and O–H groups in total. The number of benzene rings is 1. The molecule has 5 nitrogen and oxygen atoms in total. The summed E-state index contributed by atoms with van der Waals surface area (Å²) in [6, 6.07) is 3.10. The fourth-order valence-corrected chi connectivity index (χ4v) is 5.95. The third-order valence-electron chi connectivity index (χ3n) is 2.37. The maximum Gasteiger partial charge on any atom is 0.243 e. The summed E-state index contributed by atoms with van der Waals surface area (Å²) >= 11 is 7.86. The van der Waals surface area contributed by atoms with Gasteiger partial charge >= 0.3 is 0 Å². The molecular weight excluding hydrogens is 430 g/mol. The zero-order valence-electron chi connectivity index (χ0n) is 10.4. The fourth-order valence-electron chi connectivity index (χ4n) is 1.55. The first kappa shape index (κ1) is 15.9. The topological polar surface area (TPSA) is 85.1 Å². The standard InChI is InChI=1S/C11H11Br2N3O2S2/c1-6-5-19-10(16-6)4-15-20(17,18)11-8(12)2-7(14)3-9(11)13/h2-3,5,15H,4,14H2,1H3. The molecule has 20 heavy (non-hydrogen) atoms. The van der Waals surface area contributed by atoms with E-state index in [9.17, 15) is 8.42 Å². The largest absolute Gasteiger partial charge is 0.399 e. The third kappa shape index (κ3) is 3.59. The zero-order valence-corrected chi connectivity index (χ0v) is 15.2. The number of anilines is 1. The molecule has 108 valence electrons. The summed E-state index contributed by atoms with van der Waals surface area (Å²) < 4.78 is 28.0. The van der Waals surface area contributed by atoms with Gasteiger partial charge in [-0.15, -0.1) is 11.3 Å². The van der Waals surface area contributed by atoms with Crippen molar-refractivity contribution in [2.24, 2.45) is 0 Å². The number of aromatic nitrogens is 1. The molecule has 0 amide bonds. The zero-order chi connectivity index (χ0) is 14.9. The van der Waals surface area contributed by atoms with Crippen LogP contribution in [0, 0.1) is 6.92 Å². The molecule has 1 aromatic carbocycles. The van der Waals surface area contributed by atoms with Crippen molar-refractivity contribution in [2.75, 3.05) is 5.73 Å². The van der Waals surface area contributed by atoms with Crippen LogP contribution in [0.5, 0.6) is 0 Å². The lowest BCUT2D eigenvalue weighted by Gasteiger charge is -2.10. The summed E-state index contributed by atoms with van der Waals surface area (Å²) in [6.45, 7) is 2.02. The molecule has 1 aromatic heterocycles. The maximum absolute atomic E-state index is 12.3. The van der Waals surface area contributed by atoms with Gasteiger partial charge in [-0.3, -0.25) is 0 Å². The number of rotatable bonds is 4. The van der Waals surface area contributed by atoms with Crippen molar-refractivity contribution < 1.29 is 8.42 Å². The number of hydrogen-bond donors (Lipinski definition) is 2. The van der Waals surface area contributed by atoms with Crippen LogP contribution in [0.3, 0.4) is 0 Å². The third-order valence-corrected chi connectivity index (χ3v) is 6.61. The number of nitrogens with one attached hydrogen (secondary N) is 1. The molecule has 0 saturated carbocycles. The molecule has 0 aliphatic rings. The van der Waals surface area contributed by atoms with Crippen molar-refractivity contribution in [2.45, 2.75) is 18.4 Å². The molecule has 0 spiro atoms. The molecule has 0 atom stereocenters. The van der Waals surface area contributed by atoms with Gasteiger partial charge in [0, 0.05) is 25.7 Å². The van der Waals surface area contributed by atoms with Gasteiger partial charge in [0.05, 0.1) is 6.54 Å². The quantitative estimate of drug-likeness (QED) is 0.715. The first-order chi connectivity index (χ1) is 9.29. The Morgan fingerprint density at radius 1 is 1.35 bits per heavy atom. The first-order valence-electron chi connectivity index (χ1n) is 5.45. The molecule has 0 saturated heterocycles. The molecule has 0 unspecified atom stereocenters. The van der Waals surface area contributed by atoms with Crippen molar-refractivity contribution >= 4 is 58.9 Å². The van der Waals surface area contributed by atoms with E-state index in [1.54, 1.807) is 12.1 Å². The van der Waals surface area contributed by atoms with Gasteiger partial charge in [-0.2, -0.15) is 0 Å². The highest BCUT2D eigenvalue weighted by molar-refractivity contribution is 9.11. The molecule has 2 rings (SSSR count). The maximum atomic E-state index is 12.3. The van der Waals surface area contributed by atoms with Gasteiger partial charge in [0.15, 0.2) is 0 Å². The highest BCUT2D eigenvalue weighted by Gasteiger charge is 2.21. The summed E-state index contributed by atoms with van der Waals surface area (Å²) in [7, 11) is -3.66. The molecule has 0 aliphatic heterocycles. The Balaban J connectivity index is 2.27. The van der Waals surface area contributed by atoms with Crippen LogP contribution in [-0.2, 0) is 16.6 Å². The van der Waals surface area contributed by atoms with Crippen LogP contribution >= 0.6 is 43.2 Å². The molecule has 0 radical (unpaired) electrons. The molecule has 9 heteroatoms. The summed E-state index contributed by atoms with van der Waals surface area (Å²) in [5.74, 6) is 0. The van der Waals surface area contributed by atoms with Gasteiger partial charge in [0.1, 0.15) is 9.90 Å².